The van der Waals surface area contributed by atoms with Gasteiger partial charge in [-0.2, -0.15) is 5.26 Å². The number of hydrogen-bond acceptors (Lipinski definition) is 3. The SMILES string of the molecule is Cc1ccc(C(=O)NC2CC3(C2)CC(Oc2ccc(C#N)c(Cl)c2)C3)cc1. The van der Waals surface area contributed by atoms with Gasteiger partial charge in [-0.1, -0.05) is 29.3 Å². The molecule has 2 fully saturated rings. The lowest BCUT2D eigenvalue weighted by Gasteiger charge is -2.57. The van der Waals surface area contributed by atoms with Crippen molar-refractivity contribution in [1.29, 1.82) is 5.26 Å². The molecule has 0 unspecified atom stereocenters. The molecule has 0 bridgehead atoms. The molecular formula is C22H21ClN2O2. The number of hydrogen-bond donors (Lipinski definition) is 1. The summed E-state index contributed by atoms with van der Waals surface area (Å²) in [5, 5.41) is 12.5. The number of rotatable bonds is 4. The zero-order chi connectivity index (χ0) is 19.0. The molecule has 0 atom stereocenters. The topological polar surface area (TPSA) is 62.1 Å². The summed E-state index contributed by atoms with van der Waals surface area (Å²) in [6, 6.07) is 15.1. The summed E-state index contributed by atoms with van der Waals surface area (Å²) in [5.41, 5.74) is 2.64. The Labute approximate surface area is 164 Å². The van der Waals surface area contributed by atoms with Crippen LogP contribution in [0.25, 0.3) is 0 Å². The first kappa shape index (κ1) is 17.9. The molecule has 0 radical (unpaired) electrons. The first-order valence-electron chi connectivity index (χ1n) is 9.20. The largest absolute Gasteiger partial charge is 0.490 e. The number of carbonyl (C=O) groups excluding carboxylic acids is 1. The summed E-state index contributed by atoms with van der Waals surface area (Å²) in [6.45, 7) is 2.01. The van der Waals surface area contributed by atoms with Crippen molar-refractivity contribution in [2.75, 3.05) is 0 Å². The molecule has 1 spiro atoms. The molecule has 0 aliphatic heterocycles. The summed E-state index contributed by atoms with van der Waals surface area (Å²) >= 11 is 6.05. The minimum Gasteiger partial charge on any atom is -0.490 e. The molecule has 0 heterocycles. The fourth-order valence-electron chi connectivity index (χ4n) is 4.24. The molecule has 5 heteroatoms. The van der Waals surface area contributed by atoms with Crippen LogP contribution in [0.15, 0.2) is 42.5 Å². The number of amides is 1. The average molecular weight is 381 g/mol. The van der Waals surface area contributed by atoms with Crippen LogP contribution in [-0.2, 0) is 0 Å². The average Bonchev–Trinajstić information content (AvgIpc) is 2.58. The quantitative estimate of drug-likeness (QED) is 0.840. The predicted octanol–water partition coefficient (Wildman–Crippen LogP) is 4.64. The summed E-state index contributed by atoms with van der Waals surface area (Å²) in [7, 11) is 0. The van der Waals surface area contributed by atoms with Gasteiger partial charge in [0.1, 0.15) is 11.8 Å². The van der Waals surface area contributed by atoms with Crippen LogP contribution in [0.4, 0.5) is 0 Å². The highest BCUT2D eigenvalue weighted by atomic mass is 35.5. The van der Waals surface area contributed by atoms with E-state index in [1.807, 2.05) is 37.3 Å². The maximum atomic E-state index is 12.3. The lowest BCUT2D eigenvalue weighted by Crippen LogP contribution is -2.58. The van der Waals surface area contributed by atoms with Gasteiger partial charge >= 0.3 is 0 Å². The zero-order valence-electron chi connectivity index (χ0n) is 15.2. The van der Waals surface area contributed by atoms with Crippen LogP contribution < -0.4 is 10.1 Å². The van der Waals surface area contributed by atoms with E-state index in [0.717, 1.165) is 31.2 Å². The van der Waals surface area contributed by atoms with Crippen LogP contribution in [0, 0.1) is 23.7 Å². The monoisotopic (exact) mass is 380 g/mol. The van der Waals surface area contributed by atoms with E-state index >= 15 is 0 Å². The predicted molar refractivity (Wildman–Crippen MR) is 104 cm³/mol. The number of aryl methyl sites for hydroxylation is 1. The fourth-order valence-corrected chi connectivity index (χ4v) is 4.45. The highest BCUT2D eigenvalue weighted by molar-refractivity contribution is 6.31. The van der Waals surface area contributed by atoms with Gasteiger partial charge in [-0.15, -0.1) is 0 Å². The van der Waals surface area contributed by atoms with Crippen molar-refractivity contribution in [1.82, 2.24) is 5.32 Å². The summed E-state index contributed by atoms with van der Waals surface area (Å²) in [6.07, 6.45) is 4.21. The zero-order valence-corrected chi connectivity index (χ0v) is 15.9. The standard InChI is InChI=1S/C22H21ClN2O2/c1-14-2-4-15(5-3-14)21(26)25-17-9-22(10-17)11-19(12-22)27-18-7-6-16(13-24)20(23)8-18/h2-8,17,19H,9-12H2,1H3,(H,25,26). The summed E-state index contributed by atoms with van der Waals surface area (Å²) in [5.74, 6) is 0.719. The molecule has 0 aromatic heterocycles. The molecule has 2 aromatic rings. The van der Waals surface area contributed by atoms with E-state index in [4.69, 9.17) is 21.6 Å². The molecule has 1 N–H and O–H groups in total. The van der Waals surface area contributed by atoms with Gasteiger partial charge in [0, 0.05) is 17.7 Å². The van der Waals surface area contributed by atoms with Gasteiger partial charge in [-0.05, 0) is 62.3 Å². The third kappa shape index (κ3) is 3.65. The lowest BCUT2D eigenvalue weighted by molar-refractivity contribution is -0.0833. The third-order valence-corrected chi connectivity index (χ3v) is 6.01. The van der Waals surface area contributed by atoms with Crippen LogP contribution in [0.2, 0.25) is 5.02 Å². The maximum absolute atomic E-state index is 12.3. The van der Waals surface area contributed by atoms with E-state index in [1.54, 1.807) is 18.2 Å². The Morgan fingerprint density at radius 3 is 2.52 bits per heavy atom. The van der Waals surface area contributed by atoms with Crippen molar-refractivity contribution in [3.8, 4) is 11.8 Å². The summed E-state index contributed by atoms with van der Waals surface area (Å²) < 4.78 is 5.98. The number of halogens is 1. The second kappa shape index (κ2) is 6.90. The molecule has 0 saturated heterocycles. The minimum absolute atomic E-state index is 0.00852. The van der Waals surface area contributed by atoms with Crippen molar-refractivity contribution >= 4 is 17.5 Å². The fraction of sp³-hybridized carbons (Fsp3) is 0.364. The van der Waals surface area contributed by atoms with Gasteiger partial charge in [0.25, 0.3) is 5.91 Å². The Kier molecular flexibility index (Phi) is 4.57. The van der Waals surface area contributed by atoms with E-state index in [-0.39, 0.29) is 18.1 Å². The molecule has 2 aliphatic rings. The van der Waals surface area contributed by atoms with E-state index in [0.29, 0.717) is 27.3 Å². The van der Waals surface area contributed by atoms with Gasteiger partial charge in [0.2, 0.25) is 0 Å². The van der Waals surface area contributed by atoms with Crippen molar-refractivity contribution in [2.24, 2.45) is 5.41 Å². The molecule has 4 nitrogen and oxygen atoms in total. The second-order valence-corrected chi connectivity index (χ2v) is 8.25. The van der Waals surface area contributed by atoms with Crippen LogP contribution in [-0.4, -0.2) is 18.1 Å². The molecule has 4 rings (SSSR count). The Morgan fingerprint density at radius 2 is 1.89 bits per heavy atom. The number of carbonyl (C=O) groups is 1. The van der Waals surface area contributed by atoms with Crippen molar-refractivity contribution in [3.05, 3.63) is 64.2 Å². The Bertz CT molecular complexity index is 903. The number of nitrogens with one attached hydrogen (secondary N) is 1. The molecule has 2 aromatic carbocycles. The van der Waals surface area contributed by atoms with Gasteiger partial charge in [-0.3, -0.25) is 4.79 Å². The normalized spacial score (nSPS) is 25.8. The molecule has 27 heavy (non-hydrogen) atoms. The van der Waals surface area contributed by atoms with Gasteiger partial charge in [0.15, 0.2) is 0 Å². The maximum Gasteiger partial charge on any atom is 0.251 e. The highest BCUT2D eigenvalue weighted by Crippen LogP contribution is 2.56. The summed E-state index contributed by atoms with van der Waals surface area (Å²) in [4.78, 5) is 12.3. The van der Waals surface area contributed by atoms with E-state index in [9.17, 15) is 4.79 Å². The minimum atomic E-state index is 0.00852. The van der Waals surface area contributed by atoms with E-state index < -0.39 is 0 Å². The molecule has 138 valence electrons. The van der Waals surface area contributed by atoms with Crippen LogP contribution >= 0.6 is 11.6 Å². The molecule has 1 amide bonds. The number of nitriles is 1. The Hall–Kier alpha value is -2.51. The van der Waals surface area contributed by atoms with E-state index in [2.05, 4.69) is 5.32 Å². The van der Waals surface area contributed by atoms with Gasteiger partial charge < -0.3 is 10.1 Å². The van der Waals surface area contributed by atoms with Crippen LogP contribution in [0.5, 0.6) is 5.75 Å². The van der Waals surface area contributed by atoms with Crippen molar-refractivity contribution in [3.63, 3.8) is 0 Å². The molecular weight excluding hydrogens is 360 g/mol. The third-order valence-electron chi connectivity index (χ3n) is 5.69. The second-order valence-electron chi connectivity index (χ2n) is 7.85. The van der Waals surface area contributed by atoms with E-state index in [1.165, 1.54) is 0 Å². The Morgan fingerprint density at radius 1 is 1.19 bits per heavy atom. The van der Waals surface area contributed by atoms with Gasteiger partial charge in [-0.25, -0.2) is 0 Å². The number of ether oxygens (including phenoxy) is 1. The van der Waals surface area contributed by atoms with Crippen molar-refractivity contribution in [2.45, 2.75) is 44.8 Å². The molecule has 2 saturated carbocycles. The van der Waals surface area contributed by atoms with Crippen molar-refractivity contribution < 1.29 is 9.53 Å². The number of benzene rings is 2. The van der Waals surface area contributed by atoms with Crippen LogP contribution in [0.1, 0.15) is 47.2 Å². The Balaban J connectivity index is 1.24. The molecule has 2 aliphatic carbocycles. The highest BCUT2D eigenvalue weighted by Gasteiger charge is 2.54. The van der Waals surface area contributed by atoms with Crippen LogP contribution in [0.3, 0.4) is 0 Å². The first-order valence-corrected chi connectivity index (χ1v) is 9.58. The van der Waals surface area contributed by atoms with Gasteiger partial charge in [0.05, 0.1) is 16.7 Å². The first-order chi connectivity index (χ1) is 13.0. The number of nitrogens with zero attached hydrogens (tertiary/aromatic N) is 1. The smallest absolute Gasteiger partial charge is 0.251 e. The lowest BCUT2D eigenvalue weighted by atomic mass is 9.53.